The van der Waals surface area contributed by atoms with Gasteiger partial charge in [0.15, 0.2) is 5.78 Å². The maximum absolute atomic E-state index is 12.6. The predicted octanol–water partition coefficient (Wildman–Crippen LogP) is 4.73. The Balaban J connectivity index is 2.34. The van der Waals surface area contributed by atoms with E-state index in [1.54, 1.807) is 0 Å². The van der Waals surface area contributed by atoms with E-state index in [1.165, 1.54) is 0 Å². The second kappa shape index (κ2) is 4.92. The lowest BCUT2D eigenvalue weighted by Gasteiger charge is -2.12. The van der Waals surface area contributed by atoms with Crippen LogP contribution in [-0.2, 0) is 6.18 Å². The number of halogens is 4. The van der Waals surface area contributed by atoms with Crippen molar-refractivity contribution in [3.63, 3.8) is 0 Å². The van der Waals surface area contributed by atoms with Gasteiger partial charge in [-0.05, 0) is 31.0 Å². The highest BCUT2D eigenvalue weighted by molar-refractivity contribution is 6.34. The summed E-state index contributed by atoms with van der Waals surface area (Å²) in [4.78, 5) is 12.1. The molecule has 0 aliphatic heterocycles. The lowest BCUT2D eigenvalue weighted by molar-refractivity contribution is -0.137. The summed E-state index contributed by atoms with van der Waals surface area (Å²) >= 11 is 5.83. The molecular weight excluding hydrogens is 265 g/mol. The molecule has 1 aromatic carbocycles. The SMILES string of the molecule is O=C(c1cc(C(F)(F)F)ccc1Cl)C1CCCC1. The van der Waals surface area contributed by atoms with Gasteiger partial charge in [-0.1, -0.05) is 24.4 Å². The molecule has 5 heteroatoms. The third-order valence-corrected chi connectivity index (χ3v) is 3.61. The zero-order valence-corrected chi connectivity index (χ0v) is 10.3. The van der Waals surface area contributed by atoms with Crippen LogP contribution in [0.25, 0.3) is 0 Å². The molecule has 1 saturated carbocycles. The Morgan fingerprint density at radius 1 is 1.22 bits per heavy atom. The van der Waals surface area contributed by atoms with Crippen LogP contribution in [0.3, 0.4) is 0 Å². The summed E-state index contributed by atoms with van der Waals surface area (Å²) in [5.74, 6) is -0.436. The fraction of sp³-hybridized carbons (Fsp3) is 0.462. The Morgan fingerprint density at radius 2 is 1.83 bits per heavy atom. The Labute approximate surface area is 108 Å². The van der Waals surface area contributed by atoms with Crippen molar-refractivity contribution in [2.45, 2.75) is 31.9 Å². The minimum atomic E-state index is -4.45. The highest BCUT2D eigenvalue weighted by Crippen LogP contribution is 2.35. The van der Waals surface area contributed by atoms with Crippen LogP contribution >= 0.6 is 11.6 Å². The number of benzene rings is 1. The van der Waals surface area contributed by atoms with Crippen molar-refractivity contribution in [3.05, 3.63) is 34.3 Å². The topological polar surface area (TPSA) is 17.1 Å². The monoisotopic (exact) mass is 276 g/mol. The summed E-state index contributed by atoms with van der Waals surface area (Å²) in [5.41, 5.74) is -0.827. The Morgan fingerprint density at radius 3 is 2.39 bits per heavy atom. The molecule has 1 nitrogen and oxygen atoms in total. The van der Waals surface area contributed by atoms with Crippen molar-refractivity contribution in [2.75, 3.05) is 0 Å². The van der Waals surface area contributed by atoms with Gasteiger partial charge in [-0.3, -0.25) is 4.79 Å². The molecule has 1 aliphatic carbocycles. The largest absolute Gasteiger partial charge is 0.416 e. The van der Waals surface area contributed by atoms with Gasteiger partial charge in [0.05, 0.1) is 10.6 Å². The van der Waals surface area contributed by atoms with Gasteiger partial charge in [-0.15, -0.1) is 0 Å². The van der Waals surface area contributed by atoms with Crippen molar-refractivity contribution < 1.29 is 18.0 Å². The summed E-state index contributed by atoms with van der Waals surface area (Å²) in [6.45, 7) is 0. The smallest absolute Gasteiger partial charge is 0.294 e. The Bertz CT molecular complexity index is 462. The molecule has 0 bridgehead atoms. The third-order valence-electron chi connectivity index (χ3n) is 3.29. The number of carbonyl (C=O) groups excluding carboxylic acids is 1. The summed E-state index contributed by atoms with van der Waals surface area (Å²) in [6, 6.07) is 2.91. The second-order valence-electron chi connectivity index (χ2n) is 4.54. The summed E-state index contributed by atoms with van der Waals surface area (Å²) in [7, 11) is 0. The highest BCUT2D eigenvalue weighted by atomic mass is 35.5. The van der Waals surface area contributed by atoms with Gasteiger partial charge in [0, 0.05) is 11.5 Å². The first kappa shape index (κ1) is 13.4. The van der Waals surface area contributed by atoms with Gasteiger partial charge in [0.2, 0.25) is 0 Å². The van der Waals surface area contributed by atoms with Crippen LogP contribution in [0.15, 0.2) is 18.2 Å². The molecule has 0 radical (unpaired) electrons. The molecule has 0 atom stereocenters. The molecule has 0 aromatic heterocycles. The molecule has 0 amide bonds. The van der Waals surface area contributed by atoms with Crippen LogP contribution in [-0.4, -0.2) is 5.78 Å². The zero-order chi connectivity index (χ0) is 13.3. The van der Waals surface area contributed by atoms with Crippen molar-refractivity contribution in [1.82, 2.24) is 0 Å². The van der Waals surface area contributed by atoms with E-state index in [9.17, 15) is 18.0 Å². The molecule has 1 aromatic rings. The fourth-order valence-electron chi connectivity index (χ4n) is 2.30. The molecule has 1 fully saturated rings. The van der Waals surface area contributed by atoms with E-state index in [4.69, 9.17) is 11.6 Å². The molecule has 0 N–H and O–H groups in total. The number of Topliss-reactive ketones (excluding diaryl/α,β-unsaturated/α-hetero) is 1. The van der Waals surface area contributed by atoms with Crippen molar-refractivity contribution in [2.24, 2.45) is 5.92 Å². The fourth-order valence-corrected chi connectivity index (χ4v) is 2.51. The second-order valence-corrected chi connectivity index (χ2v) is 4.95. The van der Waals surface area contributed by atoms with Gasteiger partial charge in [-0.25, -0.2) is 0 Å². The number of carbonyl (C=O) groups is 1. The highest BCUT2D eigenvalue weighted by Gasteiger charge is 2.33. The standard InChI is InChI=1S/C13H12ClF3O/c14-11-6-5-9(13(15,16)17)7-10(11)12(18)8-3-1-2-4-8/h5-8H,1-4H2. The predicted molar refractivity (Wildman–Crippen MR) is 62.7 cm³/mol. The minimum absolute atomic E-state index is 0.00149. The molecule has 0 heterocycles. The van der Waals surface area contributed by atoms with Crippen LogP contribution in [0.4, 0.5) is 13.2 Å². The van der Waals surface area contributed by atoms with Crippen LogP contribution in [0, 0.1) is 5.92 Å². The Hall–Kier alpha value is -1.03. The molecule has 0 unspecified atom stereocenters. The molecule has 98 valence electrons. The first-order chi connectivity index (χ1) is 8.39. The van der Waals surface area contributed by atoms with Gasteiger partial charge >= 0.3 is 6.18 Å². The molecular formula is C13H12ClF3O. The third kappa shape index (κ3) is 2.69. The van der Waals surface area contributed by atoms with Crippen LogP contribution in [0.1, 0.15) is 41.6 Å². The van der Waals surface area contributed by atoms with Crippen LogP contribution in [0.5, 0.6) is 0 Å². The van der Waals surface area contributed by atoms with E-state index >= 15 is 0 Å². The summed E-state index contributed by atoms with van der Waals surface area (Å²) in [6.07, 6.45) is -1.06. The first-order valence-electron chi connectivity index (χ1n) is 5.80. The van der Waals surface area contributed by atoms with Crippen LogP contribution < -0.4 is 0 Å². The summed E-state index contributed by atoms with van der Waals surface area (Å²) < 4.78 is 37.8. The van der Waals surface area contributed by atoms with Gasteiger partial charge in [0.25, 0.3) is 0 Å². The Kier molecular flexibility index (Phi) is 3.66. The molecule has 0 saturated heterocycles. The lowest BCUT2D eigenvalue weighted by atomic mass is 9.95. The van der Waals surface area contributed by atoms with Gasteiger partial charge in [0.1, 0.15) is 0 Å². The van der Waals surface area contributed by atoms with Gasteiger partial charge < -0.3 is 0 Å². The van der Waals surface area contributed by atoms with Crippen molar-refractivity contribution in [1.29, 1.82) is 0 Å². The first-order valence-corrected chi connectivity index (χ1v) is 6.18. The lowest BCUT2D eigenvalue weighted by Crippen LogP contribution is -2.14. The van der Waals surface area contributed by atoms with E-state index in [1.807, 2.05) is 0 Å². The molecule has 0 spiro atoms. The summed E-state index contributed by atoms with van der Waals surface area (Å²) in [5, 5.41) is 0.0971. The van der Waals surface area contributed by atoms with E-state index in [-0.39, 0.29) is 22.3 Å². The number of hydrogen-bond donors (Lipinski definition) is 0. The average Bonchev–Trinajstić information content (AvgIpc) is 2.80. The van der Waals surface area contributed by atoms with E-state index in [0.29, 0.717) is 0 Å². The van der Waals surface area contributed by atoms with E-state index < -0.39 is 11.7 Å². The van der Waals surface area contributed by atoms with Crippen molar-refractivity contribution >= 4 is 17.4 Å². The maximum Gasteiger partial charge on any atom is 0.416 e. The van der Waals surface area contributed by atoms with Crippen molar-refractivity contribution in [3.8, 4) is 0 Å². The van der Waals surface area contributed by atoms with Gasteiger partial charge in [-0.2, -0.15) is 13.2 Å². The number of hydrogen-bond acceptors (Lipinski definition) is 1. The molecule has 1 aliphatic rings. The maximum atomic E-state index is 12.6. The minimum Gasteiger partial charge on any atom is -0.294 e. The molecule has 18 heavy (non-hydrogen) atoms. The normalized spacial score (nSPS) is 17.1. The average molecular weight is 277 g/mol. The number of ketones is 1. The van der Waals surface area contributed by atoms with E-state index in [2.05, 4.69) is 0 Å². The molecule has 2 rings (SSSR count). The zero-order valence-electron chi connectivity index (χ0n) is 9.56. The van der Waals surface area contributed by atoms with E-state index in [0.717, 1.165) is 43.9 Å². The number of rotatable bonds is 2. The van der Waals surface area contributed by atoms with Crippen LogP contribution in [0.2, 0.25) is 5.02 Å². The quantitative estimate of drug-likeness (QED) is 0.714. The number of alkyl halides is 3.